The molecule has 3 heterocycles. The van der Waals surface area contributed by atoms with E-state index in [1.807, 2.05) is 43.3 Å². The Morgan fingerprint density at radius 1 is 1.13 bits per heavy atom. The van der Waals surface area contributed by atoms with Gasteiger partial charge in [0.05, 0.1) is 18.2 Å². The minimum absolute atomic E-state index is 0.0375. The van der Waals surface area contributed by atoms with Crippen LogP contribution in [0.4, 0.5) is 0 Å². The van der Waals surface area contributed by atoms with Crippen molar-refractivity contribution in [3.05, 3.63) is 92.6 Å². The van der Waals surface area contributed by atoms with Crippen LogP contribution in [0.15, 0.2) is 59.7 Å². The number of pyridine rings is 2. The predicted octanol–water partition coefficient (Wildman–Crippen LogP) is 4.53. The summed E-state index contributed by atoms with van der Waals surface area (Å²) in [7, 11) is 0. The van der Waals surface area contributed by atoms with Crippen LogP contribution in [-0.4, -0.2) is 32.6 Å². The number of aryl methyl sites for hydroxylation is 1. The third-order valence-corrected chi connectivity index (χ3v) is 6.02. The summed E-state index contributed by atoms with van der Waals surface area (Å²) in [4.78, 5) is 20.1. The van der Waals surface area contributed by atoms with Crippen LogP contribution in [0.3, 0.4) is 0 Å². The number of likely N-dealkylation sites (tertiary alicyclic amines) is 1. The Morgan fingerprint density at radius 2 is 1.93 bits per heavy atom. The Balaban J connectivity index is 1.85. The molecule has 1 aromatic carbocycles. The molecule has 1 fully saturated rings. The van der Waals surface area contributed by atoms with E-state index >= 15 is 0 Å². The molecule has 1 N–H and O–H groups in total. The molecule has 1 atom stereocenters. The molecule has 0 aliphatic carbocycles. The molecule has 0 radical (unpaired) electrons. The number of aromatic hydroxyl groups is 1. The zero-order valence-corrected chi connectivity index (χ0v) is 17.8. The van der Waals surface area contributed by atoms with E-state index in [0.29, 0.717) is 22.8 Å². The molecule has 1 aliphatic heterocycles. The Kier molecular flexibility index (Phi) is 6.21. The topological polar surface area (TPSA) is 58.4 Å². The van der Waals surface area contributed by atoms with Gasteiger partial charge in [0.1, 0.15) is 5.75 Å². The van der Waals surface area contributed by atoms with Crippen molar-refractivity contribution < 1.29 is 5.11 Å². The average molecular weight is 424 g/mol. The van der Waals surface area contributed by atoms with Gasteiger partial charge in [-0.3, -0.25) is 14.7 Å². The third kappa shape index (κ3) is 4.27. The SMILES string of the molecule is Cc1cc(O)c([C@@H](c2cccc(Cl)c2)N2CCCCC2)c(=O)n1Cc1cccnc1. The maximum absolute atomic E-state index is 13.7. The Labute approximate surface area is 181 Å². The number of piperidine rings is 1. The van der Waals surface area contributed by atoms with Crippen molar-refractivity contribution in [2.45, 2.75) is 38.8 Å². The molecule has 0 unspecified atom stereocenters. The highest BCUT2D eigenvalue weighted by Gasteiger charge is 2.30. The molecule has 0 amide bonds. The lowest BCUT2D eigenvalue weighted by Crippen LogP contribution is -2.38. The lowest BCUT2D eigenvalue weighted by Gasteiger charge is -2.35. The van der Waals surface area contributed by atoms with E-state index in [1.165, 1.54) is 6.42 Å². The Hall–Kier alpha value is -2.63. The van der Waals surface area contributed by atoms with E-state index in [4.69, 9.17) is 11.6 Å². The van der Waals surface area contributed by atoms with Crippen LogP contribution >= 0.6 is 11.6 Å². The number of hydrogen-bond acceptors (Lipinski definition) is 4. The first kappa shape index (κ1) is 20.6. The molecule has 3 aromatic rings. The summed E-state index contributed by atoms with van der Waals surface area (Å²) >= 11 is 6.29. The van der Waals surface area contributed by atoms with E-state index in [-0.39, 0.29) is 17.4 Å². The summed E-state index contributed by atoms with van der Waals surface area (Å²) in [6, 6.07) is 12.8. The minimum atomic E-state index is -0.336. The predicted molar refractivity (Wildman–Crippen MR) is 119 cm³/mol. The fraction of sp³-hybridized carbons (Fsp3) is 0.333. The number of nitrogens with zero attached hydrogens (tertiary/aromatic N) is 3. The Bertz CT molecular complexity index is 1080. The van der Waals surface area contributed by atoms with Crippen molar-refractivity contribution in [2.24, 2.45) is 0 Å². The summed E-state index contributed by atoms with van der Waals surface area (Å²) in [5.74, 6) is 0.0375. The van der Waals surface area contributed by atoms with Crippen LogP contribution in [-0.2, 0) is 6.54 Å². The first-order valence-corrected chi connectivity index (χ1v) is 10.7. The van der Waals surface area contributed by atoms with E-state index in [1.54, 1.807) is 23.0 Å². The van der Waals surface area contributed by atoms with E-state index in [0.717, 1.165) is 37.1 Å². The smallest absolute Gasteiger partial charge is 0.259 e. The number of benzene rings is 1. The summed E-state index contributed by atoms with van der Waals surface area (Å²) in [5.41, 5.74) is 2.82. The summed E-state index contributed by atoms with van der Waals surface area (Å²) < 4.78 is 1.72. The second-order valence-corrected chi connectivity index (χ2v) is 8.33. The quantitative estimate of drug-likeness (QED) is 0.654. The van der Waals surface area contributed by atoms with Crippen molar-refractivity contribution in [3.63, 3.8) is 0 Å². The van der Waals surface area contributed by atoms with Crippen LogP contribution < -0.4 is 5.56 Å². The van der Waals surface area contributed by atoms with E-state index in [9.17, 15) is 9.90 Å². The molecule has 2 aromatic heterocycles. The number of halogens is 1. The highest BCUT2D eigenvalue weighted by molar-refractivity contribution is 6.30. The van der Waals surface area contributed by atoms with Gasteiger partial charge in [0.2, 0.25) is 0 Å². The first-order valence-electron chi connectivity index (χ1n) is 10.4. The fourth-order valence-electron chi connectivity index (χ4n) is 4.31. The van der Waals surface area contributed by atoms with Crippen molar-refractivity contribution in [3.8, 4) is 5.75 Å². The zero-order chi connectivity index (χ0) is 21.1. The first-order chi connectivity index (χ1) is 14.5. The standard InChI is InChI=1S/C24H26ClN3O2/c1-17-13-21(29)22(24(30)28(17)16-18-7-6-10-26-15-18)23(27-11-3-2-4-12-27)19-8-5-9-20(25)14-19/h5-10,13-15,23,29H,2-4,11-12,16H2,1H3/t23-/m1/s1. The highest BCUT2D eigenvalue weighted by Crippen LogP contribution is 2.35. The lowest BCUT2D eigenvalue weighted by molar-refractivity contribution is 0.183. The second-order valence-electron chi connectivity index (χ2n) is 7.89. The molecule has 6 heteroatoms. The summed E-state index contributed by atoms with van der Waals surface area (Å²) in [6.45, 7) is 4.02. The lowest BCUT2D eigenvalue weighted by atomic mass is 9.94. The van der Waals surface area contributed by atoms with Crippen LogP contribution in [0.5, 0.6) is 5.75 Å². The Morgan fingerprint density at radius 3 is 2.63 bits per heavy atom. The van der Waals surface area contributed by atoms with Gasteiger partial charge in [0.25, 0.3) is 5.56 Å². The molecule has 1 saturated heterocycles. The number of hydrogen-bond donors (Lipinski definition) is 1. The van der Waals surface area contributed by atoms with Crippen LogP contribution in [0, 0.1) is 6.92 Å². The molecule has 0 spiro atoms. The second kappa shape index (κ2) is 9.02. The zero-order valence-electron chi connectivity index (χ0n) is 17.1. The van der Waals surface area contributed by atoms with Gasteiger partial charge in [-0.2, -0.15) is 0 Å². The van der Waals surface area contributed by atoms with Gasteiger partial charge in [-0.1, -0.05) is 36.2 Å². The molecule has 4 rings (SSSR count). The third-order valence-electron chi connectivity index (χ3n) is 5.78. The monoisotopic (exact) mass is 423 g/mol. The van der Waals surface area contributed by atoms with Gasteiger partial charge in [-0.15, -0.1) is 0 Å². The molecule has 156 valence electrons. The van der Waals surface area contributed by atoms with Gasteiger partial charge in [-0.25, -0.2) is 0 Å². The number of rotatable bonds is 5. The number of aromatic nitrogens is 2. The van der Waals surface area contributed by atoms with Crippen LogP contribution in [0.1, 0.15) is 47.7 Å². The average Bonchev–Trinajstić information content (AvgIpc) is 2.75. The van der Waals surface area contributed by atoms with E-state index < -0.39 is 0 Å². The molecular weight excluding hydrogens is 398 g/mol. The summed E-state index contributed by atoms with van der Waals surface area (Å²) in [6.07, 6.45) is 6.81. The van der Waals surface area contributed by atoms with Crippen LogP contribution in [0.25, 0.3) is 0 Å². The minimum Gasteiger partial charge on any atom is -0.507 e. The molecule has 5 nitrogen and oxygen atoms in total. The maximum Gasteiger partial charge on any atom is 0.259 e. The maximum atomic E-state index is 13.7. The molecule has 0 saturated carbocycles. The van der Waals surface area contributed by atoms with Crippen molar-refractivity contribution in [1.82, 2.24) is 14.5 Å². The van der Waals surface area contributed by atoms with E-state index in [2.05, 4.69) is 9.88 Å². The summed E-state index contributed by atoms with van der Waals surface area (Å²) in [5, 5.41) is 11.5. The van der Waals surface area contributed by atoms with Gasteiger partial charge in [0.15, 0.2) is 0 Å². The fourth-order valence-corrected chi connectivity index (χ4v) is 4.51. The van der Waals surface area contributed by atoms with Crippen LogP contribution in [0.2, 0.25) is 5.02 Å². The molecule has 30 heavy (non-hydrogen) atoms. The van der Waals surface area contributed by atoms with Gasteiger partial charge >= 0.3 is 0 Å². The van der Waals surface area contributed by atoms with Gasteiger partial charge in [0, 0.05) is 23.1 Å². The highest BCUT2D eigenvalue weighted by atomic mass is 35.5. The van der Waals surface area contributed by atoms with Gasteiger partial charge in [-0.05, 0) is 68.2 Å². The molecule has 1 aliphatic rings. The largest absolute Gasteiger partial charge is 0.507 e. The van der Waals surface area contributed by atoms with Crippen molar-refractivity contribution >= 4 is 11.6 Å². The molecule has 0 bridgehead atoms. The normalized spacial score (nSPS) is 15.8. The van der Waals surface area contributed by atoms with Crippen molar-refractivity contribution in [1.29, 1.82) is 0 Å². The van der Waals surface area contributed by atoms with Gasteiger partial charge < -0.3 is 9.67 Å². The van der Waals surface area contributed by atoms with Crippen molar-refractivity contribution in [2.75, 3.05) is 13.1 Å². The molecular formula is C24H26ClN3O2.